The Morgan fingerprint density at radius 2 is 1.76 bits per heavy atom. The molecule has 29 heavy (non-hydrogen) atoms. The van der Waals surface area contributed by atoms with Gasteiger partial charge in [0.05, 0.1) is 14.8 Å². The number of aromatic nitrogens is 1. The molecule has 2 aromatic rings. The van der Waals surface area contributed by atoms with Crippen molar-refractivity contribution in [3.63, 3.8) is 0 Å². The fourth-order valence-corrected chi connectivity index (χ4v) is 5.20. The molecule has 156 valence electrons. The Kier molecular flexibility index (Phi) is 5.91. The first kappa shape index (κ1) is 21.6. The molecule has 1 aliphatic heterocycles. The summed E-state index contributed by atoms with van der Waals surface area (Å²) in [6.45, 7) is 2.07. The highest BCUT2D eigenvalue weighted by Gasteiger charge is 2.33. The van der Waals surface area contributed by atoms with Gasteiger partial charge >= 0.3 is 0 Å². The largest absolute Gasteiger partial charge is 0.335 e. The maximum atomic E-state index is 13.0. The van der Waals surface area contributed by atoms with Crippen LogP contribution in [0.5, 0.6) is 0 Å². The quantitative estimate of drug-likeness (QED) is 0.514. The molecular formula is C17H18Cl2N4O5S. The number of sulfonamides is 1. The van der Waals surface area contributed by atoms with Gasteiger partial charge in [0.1, 0.15) is 10.8 Å². The molecular weight excluding hydrogens is 443 g/mol. The Morgan fingerprint density at radius 1 is 1.14 bits per heavy atom. The predicted octanol–water partition coefficient (Wildman–Crippen LogP) is 2.70. The van der Waals surface area contributed by atoms with Gasteiger partial charge in [0.15, 0.2) is 0 Å². The van der Waals surface area contributed by atoms with Crippen LogP contribution in [0.3, 0.4) is 0 Å². The van der Waals surface area contributed by atoms with Crippen LogP contribution in [0.1, 0.15) is 16.1 Å². The number of hydrogen-bond donors (Lipinski definition) is 0. The minimum atomic E-state index is -3.93. The average Bonchev–Trinajstić information content (AvgIpc) is 2.95. The average molecular weight is 461 g/mol. The lowest BCUT2D eigenvalue weighted by Gasteiger charge is -2.34. The molecule has 0 unspecified atom stereocenters. The number of non-ortho nitro benzene ring substituents is 1. The first-order valence-electron chi connectivity index (χ1n) is 8.59. The third kappa shape index (κ3) is 3.97. The van der Waals surface area contributed by atoms with Gasteiger partial charge in [-0.3, -0.25) is 14.9 Å². The van der Waals surface area contributed by atoms with Crippen LogP contribution >= 0.6 is 23.2 Å². The summed E-state index contributed by atoms with van der Waals surface area (Å²) in [5, 5.41) is 11.5. The maximum absolute atomic E-state index is 13.0. The molecule has 1 fully saturated rings. The molecule has 1 aromatic carbocycles. The first-order valence-corrected chi connectivity index (χ1v) is 10.8. The molecule has 12 heteroatoms. The van der Waals surface area contributed by atoms with E-state index in [-0.39, 0.29) is 52.8 Å². The second-order valence-corrected chi connectivity index (χ2v) is 9.30. The Morgan fingerprint density at radius 3 is 2.28 bits per heavy atom. The van der Waals surface area contributed by atoms with Gasteiger partial charge in [0.2, 0.25) is 10.0 Å². The molecule has 9 nitrogen and oxygen atoms in total. The van der Waals surface area contributed by atoms with Crippen molar-refractivity contribution in [1.82, 2.24) is 13.8 Å². The normalized spacial score (nSPS) is 15.5. The molecule has 2 heterocycles. The van der Waals surface area contributed by atoms with Gasteiger partial charge in [-0.05, 0) is 18.6 Å². The molecule has 0 spiro atoms. The fraction of sp³-hybridized carbons (Fsp3) is 0.353. The standard InChI is InChI=1S/C17H18Cl2N4O5S/c1-11-3-4-12(23(25)26)9-15(11)29(27,28)22-7-5-21(6-8-22)17(24)14-10-13(18)16(19)20(14)2/h3-4,9-10H,5-8H2,1-2H3. The number of nitro benzene ring substituents is 1. The van der Waals surface area contributed by atoms with Crippen molar-refractivity contribution in [2.75, 3.05) is 26.2 Å². The summed E-state index contributed by atoms with van der Waals surface area (Å²) < 4.78 is 28.7. The predicted molar refractivity (Wildman–Crippen MR) is 108 cm³/mol. The number of aryl methyl sites for hydroxylation is 1. The van der Waals surface area contributed by atoms with E-state index in [1.165, 1.54) is 32.0 Å². The van der Waals surface area contributed by atoms with Crippen molar-refractivity contribution in [2.45, 2.75) is 11.8 Å². The van der Waals surface area contributed by atoms with E-state index in [9.17, 15) is 23.3 Å². The third-order valence-electron chi connectivity index (χ3n) is 4.86. The topological polar surface area (TPSA) is 106 Å². The summed E-state index contributed by atoms with van der Waals surface area (Å²) in [5.41, 5.74) is 0.438. The summed E-state index contributed by atoms with van der Waals surface area (Å²) >= 11 is 12.0. The number of nitro groups is 1. The summed E-state index contributed by atoms with van der Waals surface area (Å²) in [4.78, 5) is 24.5. The molecule has 1 aliphatic rings. The summed E-state index contributed by atoms with van der Waals surface area (Å²) in [6, 6.07) is 5.22. The van der Waals surface area contributed by atoms with Crippen LogP contribution in [-0.4, -0.2) is 59.2 Å². The SMILES string of the molecule is Cc1ccc([N+](=O)[O-])cc1S(=O)(=O)N1CCN(C(=O)c2cc(Cl)c(Cl)n2C)CC1. The minimum Gasteiger partial charge on any atom is -0.335 e. The zero-order chi connectivity index (χ0) is 21.5. The van der Waals surface area contributed by atoms with Gasteiger partial charge in [-0.1, -0.05) is 29.3 Å². The summed E-state index contributed by atoms with van der Waals surface area (Å²) in [7, 11) is -2.31. The van der Waals surface area contributed by atoms with E-state index in [4.69, 9.17) is 23.2 Å². The minimum absolute atomic E-state index is 0.0715. The molecule has 1 aromatic heterocycles. The van der Waals surface area contributed by atoms with E-state index < -0.39 is 14.9 Å². The van der Waals surface area contributed by atoms with Crippen LogP contribution < -0.4 is 0 Å². The van der Waals surface area contributed by atoms with E-state index >= 15 is 0 Å². The number of hydrogen-bond acceptors (Lipinski definition) is 5. The Balaban J connectivity index is 1.78. The lowest BCUT2D eigenvalue weighted by Crippen LogP contribution is -2.50. The van der Waals surface area contributed by atoms with E-state index in [0.717, 1.165) is 6.07 Å². The highest BCUT2D eigenvalue weighted by atomic mass is 35.5. The molecule has 1 amide bonds. The molecule has 0 atom stereocenters. The number of benzene rings is 1. The lowest BCUT2D eigenvalue weighted by atomic mass is 10.2. The third-order valence-corrected chi connectivity index (χ3v) is 7.74. The van der Waals surface area contributed by atoms with Crippen LogP contribution in [0.2, 0.25) is 10.2 Å². The zero-order valence-corrected chi connectivity index (χ0v) is 18.0. The monoisotopic (exact) mass is 460 g/mol. The van der Waals surface area contributed by atoms with Crippen molar-refractivity contribution < 1.29 is 18.1 Å². The second kappa shape index (κ2) is 7.94. The number of carbonyl (C=O) groups excluding carboxylic acids is 1. The van der Waals surface area contributed by atoms with Crippen molar-refractivity contribution in [3.8, 4) is 0 Å². The van der Waals surface area contributed by atoms with Crippen LogP contribution in [-0.2, 0) is 17.1 Å². The number of nitrogens with zero attached hydrogens (tertiary/aromatic N) is 4. The van der Waals surface area contributed by atoms with Crippen molar-refractivity contribution in [3.05, 3.63) is 55.8 Å². The Bertz CT molecular complexity index is 1090. The van der Waals surface area contributed by atoms with Crippen LogP contribution in [0.25, 0.3) is 0 Å². The van der Waals surface area contributed by atoms with Crippen molar-refractivity contribution in [1.29, 1.82) is 0 Å². The van der Waals surface area contributed by atoms with Gasteiger partial charge in [0, 0.05) is 45.4 Å². The molecule has 0 N–H and O–H groups in total. The lowest BCUT2D eigenvalue weighted by molar-refractivity contribution is -0.385. The van der Waals surface area contributed by atoms with Crippen LogP contribution in [0.15, 0.2) is 29.2 Å². The second-order valence-electron chi connectivity index (χ2n) is 6.63. The molecule has 1 saturated heterocycles. The highest BCUT2D eigenvalue weighted by Crippen LogP contribution is 2.28. The molecule has 0 aliphatic carbocycles. The number of piperazine rings is 1. The first-order chi connectivity index (χ1) is 13.5. The molecule has 0 radical (unpaired) electrons. The molecule has 3 rings (SSSR count). The maximum Gasteiger partial charge on any atom is 0.270 e. The van der Waals surface area contributed by atoms with Gasteiger partial charge in [-0.25, -0.2) is 8.42 Å². The number of rotatable bonds is 4. The Labute approximate surface area is 177 Å². The van der Waals surface area contributed by atoms with Gasteiger partial charge in [-0.2, -0.15) is 4.31 Å². The van der Waals surface area contributed by atoms with E-state index in [1.54, 1.807) is 14.0 Å². The number of carbonyl (C=O) groups is 1. The summed E-state index contributed by atoms with van der Waals surface area (Å²) in [6.07, 6.45) is 0. The van der Waals surface area contributed by atoms with Crippen molar-refractivity contribution >= 4 is 44.8 Å². The van der Waals surface area contributed by atoms with Crippen LogP contribution in [0.4, 0.5) is 5.69 Å². The van der Waals surface area contributed by atoms with E-state index in [1.807, 2.05) is 0 Å². The van der Waals surface area contributed by atoms with Crippen molar-refractivity contribution in [2.24, 2.45) is 7.05 Å². The Hall–Kier alpha value is -2.14. The molecule has 0 saturated carbocycles. The van der Waals surface area contributed by atoms with E-state index in [2.05, 4.69) is 0 Å². The number of amides is 1. The van der Waals surface area contributed by atoms with Gasteiger partial charge in [0.25, 0.3) is 11.6 Å². The van der Waals surface area contributed by atoms with Crippen LogP contribution in [0, 0.1) is 17.0 Å². The highest BCUT2D eigenvalue weighted by molar-refractivity contribution is 7.89. The zero-order valence-electron chi connectivity index (χ0n) is 15.6. The van der Waals surface area contributed by atoms with Gasteiger partial charge in [-0.15, -0.1) is 0 Å². The number of halogens is 2. The summed E-state index contributed by atoms with van der Waals surface area (Å²) in [5.74, 6) is -0.301. The van der Waals surface area contributed by atoms with Gasteiger partial charge < -0.3 is 9.47 Å². The molecule has 0 bridgehead atoms. The smallest absolute Gasteiger partial charge is 0.270 e. The van der Waals surface area contributed by atoms with E-state index in [0.29, 0.717) is 11.3 Å². The fourth-order valence-electron chi connectivity index (χ4n) is 3.16.